The summed E-state index contributed by atoms with van der Waals surface area (Å²) in [6.45, 7) is -1.16. The predicted octanol–water partition coefficient (Wildman–Crippen LogP) is 1.18. The topological polar surface area (TPSA) is 113 Å². The summed E-state index contributed by atoms with van der Waals surface area (Å²) in [7, 11) is -3.24. The molecule has 0 aromatic heterocycles. The first-order valence-electron chi connectivity index (χ1n) is 7.69. The van der Waals surface area contributed by atoms with E-state index in [-0.39, 0.29) is 26.9 Å². The fourth-order valence-electron chi connectivity index (χ4n) is 2.87. The molecule has 146 valence electrons. The minimum Gasteiger partial charge on any atom is -0.480 e. The minimum absolute atomic E-state index is 0.0590. The van der Waals surface area contributed by atoms with Crippen molar-refractivity contribution in [3.8, 4) is 0 Å². The number of carboxylic acid groups (broad SMARTS) is 1. The third-order valence-corrected chi connectivity index (χ3v) is 7.42. The molecule has 0 unspecified atom stereocenters. The number of halogens is 2. The number of benzene rings is 1. The van der Waals surface area contributed by atoms with Gasteiger partial charge in [-0.25, -0.2) is 17.6 Å². The summed E-state index contributed by atoms with van der Waals surface area (Å²) in [4.78, 5) is 27.9. The summed E-state index contributed by atoms with van der Waals surface area (Å²) in [6, 6.07) is 3.45. The van der Waals surface area contributed by atoms with Crippen molar-refractivity contribution in [3.05, 3.63) is 29.0 Å². The average molecular weight is 437 g/mol. The van der Waals surface area contributed by atoms with Gasteiger partial charge in [-0.05, 0) is 18.2 Å². The van der Waals surface area contributed by atoms with Gasteiger partial charge in [0.2, 0.25) is 0 Å². The van der Waals surface area contributed by atoms with Crippen molar-refractivity contribution in [2.24, 2.45) is 4.99 Å². The van der Waals surface area contributed by atoms with Crippen molar-refractivity contribution in [1.82, 2.24) is 0 Å². The van der Waals surface area contributed by atoms with E-state index in [4.69, 9.17) is 21.4 Å². The predicted molar refractivity (Wildman–Crippen MR) is 98.6 cm³/mol. The third kappa shape index (κ3) is 4.60. The number of ether oxygens (including phenoxy) is 1. The van der Waals surface area contributed by atoms with Crippen LogP contribution >= 0.6 is 23.4 Å². The average Bonchev–Trinajstić information content (AvgIpc) is 3.00. The smallest absolute Gasteiger partial charge is 0.329 e. The summed E-state index contributed by atoms with van der Waals surface area (Å²) in [5.41, 5.74) is 0.413. The molecule has 2 atom stereocenters. The molecular weight excluding hydrogens is 423 g/mol. The van der Waals surface area contributed by atoms with Crippen LogP contribution in [-0.4, -0.2) is 66.6 Å². The quantitative estimate of drug-likeness (QED) is 0.732. The largest absolute Gasteiger partial charge is 0.480 e. The molecule has 0 saturated carbocycles. The first-order chi connectivity index (χ1) is 12.7. The number of amidine groups is 1. The van der Waals surface area contributed by atoms with Gasteiger partial charge in [0.1, 0.15) is 19.0 Å². The molecule has 2 saturated heterocycles. The van der Waals surface area contributed by atoms with E-state index in [9.17, 15) is 22.4 Å². The molecule has 1 N–H and O–H groups in total. The molecule has 2 aliphatic heterocycles. The summed E-state index contributed by atoms with van der Waals surface area (Å²) >= 11 is 6.97. The number of amides is 1. The number of hydrogen-bond acceptors (Lipinski definition) is 6. The van der Waals surface area contributed by atoms with Gasteiger partial charge in [-0.15, -0.1) is 0 Å². The Morgan fingerprint density at radius 1 is 1.37 bits per heavy atom. The molecule has 27 heavy (non-hydrogen) atoms. The highest BCUT2D eigenvalue weighted by molar-refractivity contribution is 8.16. The van der Waals surface area contributed by atoms with E-state index in [2.05, 4.69) is 4.99 Å². The van der Waals surface area contributed by atoms with Gasteiger partial charge in [-0.1, -0.05) is 23.4 Å². The number of hydrogen-bond donors (Lipinski definition) is 1. The second-order valence-electron chi connectivity index (χ2n) is 5.94. The van der Waals surface area contributed by atoms with Gasteiger partial charge in [0.15, 0.2) is 15.0 Å². The lowest BCUT2D eigenvalue weighted by molar-refractivity contribution is -0.143. The number of sulfone groups is 1. The van der Waals surface area contributed by atoms with Crippen LogP contribution in [0.1, 0.15) is 0 Å². The number of carbonyl (C=O) groups excluding carboxylic acids is 1. The number of nitrogens with zero attached hydrogens (tertiary/aromatic N) is 2. The van der Waals surface area contributed by atoms with Crippen LogP contribution in [0.5, 0.6) is 0 Å². The van der Waals surface area contributed by atoms with E-state index in [0.29, 0.717) is 5.69 Å². The molecule has 0 radical (unpaired) electrons. The number of carboxylic acids is 1. The lowest BCUT2D eigenvalue weighted by atomic mass is 10.2. The molecular formula is C15H14ClFN2O6S2. The number of thioether (sulfide) groups is 1. The SMILES string of the molecule is O=C(O)COCC(=O)N=C1S[C@H]2CS(=O)(=O)C[C@H]2N1c1ccc(F)c(Cl)c1. The molecule has 2 aliphatic rings. The Morgan fingerprint density at radius 2 is 2.11 bits per heavy atom. The highest BCUT2D eigenvalue weighted by atomic mass is 35.5. The van der Waals surface area contributed by atoms with Crippen molar-refractivity contribution < 1.29 is 32.2 Å². The van der Waals surface area contributed by atoms with Gasteiger partial charge in [-0.2, -0.15) is 4.99 Å². The van der Waals surface area contributed by atoms with Crippen LogP contribution in [0.15, 0.2) is 23.2 Å². The maximum Gasteiger partial charge on any atom is 0.329 e. The summed E-state index contributed by atoms with van der Waals surface area (Å²) in [5, 5.41) is 8.30. The zero-order chi connectivity index (χ0) is 19.8. The highest BCUT2D eigenvalue weighted by Gasteiger charge is 2.49. The fraction of sp³-hybridized carbons (Fsp3) is 0.400. The molecule has 0 spiro atoms. The molecule has 2 heterocycles. The van der Waals surface area contributed by atoms with Crippen molar-refractivity contribution >= 4 is 55.9 Å². The zero-order valence-electron chi connectivity index (χ0n) is 13.7. The van der Waals surface area contributed by atoms with Crippen LogP contribution in [0.3, 0.4) is 0 Å². The lowest BCUT2D eigenvalue weighted by Gasteiger charge is -2.24. The lowest BCUT2D eigenvalue weighted by Crippen LogP contribution is -2.37. The Labute approximate surface area is 163 Å². The molecule has 1 amide bonds. The number of fused-ring (bicyclic) bond motifs is 1. The van der Waals surface area contributed by atoms with E-state index in [0.717, 1.165) is 17.8 Å². The minimum atomic E-state index is -3.24. The van der Waals surface area contributed by atoms with Gasteiger partial charge >= 0.3 is 5.97 Å². The second-order valence-corrected chi connectivity index (χ2v) is 9.71. The monoisotopic (exact) mass is 436 g/mol. The van der Waals surface area contributed by atoms with E-state index in [1.807, 2.05) is 0 Å². The van der Waals surface area contributed by atoms with E-state index >= 15 is 0 Å². The van der Waals surface area contributed by atoms with Crippen LogP contribution in [0.4, 0.5) is 10.1 Å². The van der Waals surface area contributed by atoms with Gasteiger partial charge in [0.25, 0.3) is 5.91 Å². The number of anilines is 1. The van der Waals surface area contributed by atoms with Gasteiger partial charge in [0, 0.05) is 10.9 Å². The number of aliphatic imine (C=N–C) groups is 1. The zero-order valence-corrected chi connectivity index (χ0v) is 16.1. The van der Waals surface area contributed by atoms with Crippen molar-refractivity contribution in [2.75, 3.05) is 29.6 Å². The van der Waals surface area contributed by atoms with Crippen molar-refractivity contribution in [2.45, 2.75) is 11.3 Å². The van der Waals surface area contributed by atoms with Gasteiger partial charge in [0.05, 0.1) is 22.6 Å². The first-order valence-corrected chi connectivity index (χ1v) is 10.8. The van der Waals surface area contributed by atoms with Gasteiger partial charge < -0.3 is 14.7 Å². The maximum absolute atomic E-state index is 13.5. The highest BCUT2D eigenvalue weighted by Crippen LogP contribution is 2.41. The normalized spacial score (nSPS) is 25.0. The second kappa shape index (κ2) is 7.74. The molecule has 8 nitrogen and oxygen atoms in total. The van der Waals surface area contributed by atoms with Crippen LogP contribution in [0.2, 0.25) is 5.02 Å². The Morgan fingerprint density at radius 3 is 2.78 bits per heavy atom. The van der Waals surface area contributed by atoms with Crippen LogP contribution in [-0.2, 0) is 24.2 Å². The fourth-order valence-corrected chi connectivity index (χ4v) is 6.97. The molecule has 1 aromatic rings. The Hall–Kier alpha value is -1.69. The molecule has 12 heteroatoms. The van der Waals surface area contributed by atoms with Crippen molar-refractivity contribution in [3.63, 3.8) is 0 Å². The number of rotatable bonds is 5. The Bertz CT molecular complexity index is 923. The summed E-state index contributed by atoms with van der Waals surface area (Å²) in [5.74, 6) is -2.73. The number of carbonyl (C=O) groups is 2. The van der Waals surface area contributed by atoms with E-state index in [1.54, 1.807) is 4.90 Å². The first kappa shape index (κ1) is 20.1. The van der Waals surface area contributed by atoms with Gasteiger partial charge in [-0.3, -0.25) is 4.79 Å². The summed E-state index contributed by atoms with van der Waals surface area (Å²) in [6.07, 6.45) is 0. The van der Waals surface area contributed by atoms with Crippen LogP contribution < -0.4 is 4.90 Å². The molecule has 2 fully saturated rings. The van der Waals surface area contributed by atoms with Crippen LogP contribution in [0.25, 0.3) is 0 Å². The molecule has 0 aliphatic carbocycles. The third-order valence-electron chi connectivity index (χ3n) is 3.92. The Kier molecular flexibility index (Phi) is 5.75. The maximum atomic E-state index is 13.5. The van der Waals surface area contributed by atoms with E-state index < -0.39 is 46.8 Å². The molecule has 3 rings (SSSR count). The van der Waals surface area contributed by atoms with Crippen molar-refractivity contribution in [1.29, 1.82) is 0 Å². The Balaban J connectivity index is 1.88. The summed E-state index contributed by atoms with van der Waals surface area (Å²) < 4.78 is 42.1. The van der Waals surface area contributed by atoms with Crippen LogP contribution in [0, 0.1) is 5.82 Å². The molecule has 1 aromatic carbocycles. The number of aliphatic carboxylic acids is 1. The van der Waals surface area contributed by atoms with E-state index in [1.165, 1.54) is 12.1 Å². The molecule has 0 bridgehead atoms. The standard InChI is InChI=1S/C15H14ClFN2O6S2/c16-9-3-8(1-2-10(9)17)19-11-6-27(23,24)7-12(11)26-15(19)18-13(20)4-25-5-14(21)22/h1-3,11-12H,4-7H2,(H,21,22)/t11-,12+/m1/s1.